The van der Waals surface area contributed by atoms with E-state index < -0.39 is 23.8 Å². The molecule has 12 heteroatoms. The molecule has 1 unspecified atom stereocenters. The average molecular weight is 546 g/mol. The smallest absolute Gasteiger partial charge is 0.336 e. The minimum absolute atomic E-state index is 0.0232. The van der Waals surface area contributed by atoms with E-state index in [1.54, 1.807) is 24.3 Å². The molecule has 0 spiro atoms. The van der Waals surface area contributed by atoms with E-state index in [1.807, 2.05) is 19.0 Å². The lowest BCUT2D eigenvalue weighted by atomic mass is 10.0. The van der Waals surface area contributed by atoms with Crippen LogP contribution in [0.3, 0.4) is 0 Å². The van der Waals surface area contributed by atoms with Crippen LogP contribution < -0.4 is 5.43 Å². The van der Waals surface area contributed by atoms with Crippen LogP contribution >= 0.6 is 11.6 Å². The number of hydrazine groups is 1. The van der Waals surface area contributed by atoms with E-state index >= 15 is 0 Å². The lowest BCUT2D eigenvalue weighted by Crippen LogP contribution is -2.47. The van der Waals surface area contributed by atoms with E-state index in [2.05, 4.69) is 15.6 Å². The minimum atomic E-state index is -1.55. The van der Waals surface area contributed by atoms with Crippen molar-refractivity contribution >= 4 is 29.3 Å². The van der Waals surface area contributed by atoms with Crippen molar-refractivity contribution in [3.8, 4) is 11.1 Å². The van der Waals surface area contributed by atoms with E-state index in [9.17, 15) is 23.9 Å². The van der Waals surface area contributed by atoms with Gasteiger partial charge >= 0.3 is 5.97 Å². The number of ether oxygens (including phenoxy) is 1. The summed E-state index contributed by atoms with van der Waals surface area (Å²) < 4.78 is 19.4. The Hall–Kier alpha value is -3.64. The highest BCUT2D eigenvalue weighted by atomic mass is 35.5. The number of hydrogen-bond donors (Lipinski definition) is 3. The molecule has 0 radical (unpaired) electrons. The monoisotopic (exact) mass is 545 g/mol. The molecular weight excluding hydrogens is 517 g/mol. The van der Waals surface area contributed by atoms with Gasteiger partial charge in [0.1, 0.15) is 23.8 Å². The molecule has 0 aliphatic rings. The maximum atomic E-state index is 14.3. The third-order valence-corrected chi connectivity index (χ3v) is 5.69. The number of carbonyl (C=O) groups is 3. The quantitative estimate of drug-likeness (QED) is 0.180. The molecule has 0 saturated carbocycles. The summed E-state index contributed by atoms with van der Waals surface area (Å²) in [5.41, 5.74) is 4.36. The number of nitrogens with zero attached hydrogens (tertiary/aromatic N) is 3. The van der Waals surface area contributed by atoms with E-state index in [-0.39, 0.29) is 36.9 Å². The topological polar surface area (TPSA) is 128 Å². The second-order valence-electron chi connectivity index (χ2n) is 8.85. The highest BCUT2D eigenvalue weighted by molar-refractivity contribution is 6.30. The Bertz CT molecular complexity index is 1280. The maximum Gasteiger partial charge on any atom is 0.336 e. The molecule has 0 saturated heterocycles. The first-order valence-electron chi connectivity index (χ1n) is 11.7. The third-order valence-electron chi connectivity index (χ3n) is 5.46. The van der Waals surface area contributed by atoms with Crippen molar-refractivity contribution in [3.05, 3.63) is 76.3 Å². The number of likely N-dealkylation sites (N-methyl/N-ethyl adjacent to an activating group) is 1. The zero-order valence-electron chi connectivity index (χ0n) is 21.2. The summed E-state index contributed by atoms with van der Waals surface area (Å²) in [5.74, 6) is -2.20. The van der Waals surface area contributed by atoms with Gasteiger partial charge in [-0.05, 0) is 49.5 Å². The number of Topliss-reactive ketones (excluding diaryl/α,β-unsaturated/α-hetero) is 1. The first-order chi connectivity index (χ1) is 18.0. The molecule has 0 aliphatic heterocycles. The predicted octanol–water partition coefficient (Wildman–Crippen LogP) is 2.68. The number of halogens is 2. The second kappa shape index (κ2) is 13.2. The second-order valence-corrected chi connectivity index (χ2v) is 9.29. The molecule has 202 valence electrons. The molecule has 3 N–H and O–H groups in total. The molecule has 3 rings (SSSR count). The van der Waals surface area contributed by atoms with Gasteiger partial charge in [0.2, 0.25) is 0 Å². The molecule has 10 nitrogen and oxygen atoms in total. The number of aromatic amines is 1. The van der Waals surface area contributed by atoms with Gasteiger partial charge in [0.25, 0.3) is 5.91 Å². The van der Waals surface area contributed by atoms with Crippen LogP contribution in [0.2, 0.25) is 5.02 Å². The number of aliphatic hydroxyl groups excluding tert-OH is 1. The molecule has 3 aromatic rings. The summed E-state index contributed by atoms with van der Waals surface area (Å²) in [5, 5.41) is 18.5. The summed E-state index contributed by atoms with van der Waals surface area (Å²) >= 11 is 6.00. The zero-order valence-corrected chi connectivity index (χ0v) is 22.0. The van der Waals surface area contributed by atoms with Crippen LogP contribution in [0, 0.1) is 5.82 Å². The predicted molar refractivity (Wildman–Crippen MR) is 139 cm³/mol. The number of amides is 1. The molecule has 0 bridgehead atoms. The average Bonchev–Trinajstić information content (AvgIpc) is 3.37. The number of H-pyrrole nitrogens is 1. The Morgan fingerprint density at radius 3 is 2.50 bits per heavy atom. The number of rotatable bonds is 12. The number of hydrogen-bond acceptors (Lipinski definition) is 8. The molecule has 1 aromatic heterocycles. The van der Waals surface area contributed by atoms with Crippen LogP contribution in [0.1, 0.15) is 33.5 Å². The van der Waals surface area contributed by atoms with Crippen molar-refractivity contribution in [2.45, 2.75) is 19.6 Å². The Morgan fingerprint density at radius 2 is 1.87 bits per heavy atom. The number of ketones is 1. The van der Waals surface area contributed by atoms with Crippen molar-refractivity contribution in [3.63, 3.8) is 0 Å². The number of esters is 1. The van der Waals surface area contributed by atoms with Crippen LogP contribution in [0.4, 0.5) is 4.39 Å². The Morgan fingerprint density at radius 1 is 1.16 bits per heavy atom. The van der Waals surface area contributed by atoms with Gasteiger partial charge in [0.05, 0.1) is 6.54 Å². The molecule has 2 aromatic carbocycles. The Labute approximate surface area is 224 Å². The molecule has 1 heterocycles. The van der Waals surface area contributed by atoms with E-state index in [1.165, 1.54) is 36.2 Å². The number of aliphatic hydroxyl groups is 1. The van der Waals surface area contributed by atoms with Crippen molar-refractivity contribution in [2.75, 3.05) is 33.8 Å². The van der Waals surface area contributed by atoms with E-state index in [4.69, 9.17) is 16.3 Å². The van der Waals surface area contributed by atoms with E-state index in [0.29, 0.717) is 28.3 Å². The van der Waals surface area contributed by atoms with Crippen LogP contribution in [0.15, 0.2) is 48.5 Å². The lowest BCUT2D eigenvalue weighted by Gasteiger charge is -2.25. The number of carbonyl (C=O) groups excluding carboxylic acids is 3. The van der Waals surface area contributed by atoms with Gasteiger partial charge in [-0.2, -0.15) is 5.10 Å². The van der Waals surface area contributed by atoms with Crippen molar-refractivity contribution < 1.29 is 28.6 Å². The summed E-state index contributed by atoms with van der Waals surface area (Å²) in [7, 11) is 3.64. The molecule has 38 heavy (non-hydrogen) atoms. The fourth-order valence-corrected chi connectivity index (χ4v) is 3.58. The molecule has 1 atom stereocenters. The lowest BCUT2D eigenvalue weighted by molar-refractivity contribution is -0.155. The summed E-state index contributed by atoms with van der Waals surface area (Å²) in [6, 6.07) is 12.4. The van der Waals surface area contributed by atoms with Crippen LogP contribution in [-0.2, 0) is 16.1 Å². The van der Waals surface area contributed by atoms with E-state index in [0.717, 1.165) is 0 Å². The van der Waals surface area contributed by atoms with Gasteiger partial charge < -0.3 is 14.7 Å². The number of benzene rings is 2. The summed E-state index contributed by atoms with van der Waals surface area (Å²) in [6.07, 6.45) is -1.55. The molecule has 0 fully saturated rings. The number of aromatic nitrogens is 2. The van der Waals surface area contributed by atoms with Gasteiger partial charge in [-0.15, -0.1) is 0 Å². The maximum absolute atomic E-state index is 14.3. The van der Waals surface area contributed by atoms with Crippen molar-refractivity contribution in [1.29, 1.82) is 0 Å². The normalized spacial score (nSPS) is 12.0. The molecular formula is C26H29ClFN5O5. The Balaban J connectivity index is 1.75. The van der Waals surface area contributed by atoms with Crippen molar-refractivity contribution in [1.82, 2.24) is 25.5 Å². The van der Waals surface area contributed by atoms with Crippen LogP contribution in [0.25, 0.3) is 11.1 Å². The van der Waals surface area contributed by atoms with Crippen molar-refractivity contribution in [2.24, 2.45) is 0 Å². The minimum Gasteiger partial charge on any atom is -0.462 e. The zero-order chi connectivity index (χ0) is 27.8. The Kier molecular flexibility index (Phi) is 10.1. The fraction of sp³-hybridized carbons (Fsp3) is 0.308. The van der Waals surface area contributed by atoms with Gasteiger partial charge in [0.15, 0.2) is 11.9 Å². The van der Waals surface area contributed by atoms with Gasteiger partial charge in [0, 0.05) is 30.6 Å². The highest BCUT2D eigenvalue weighted by Gasteiger charge is 2.23. The van der Waals surface area contributed by atoms with Crippen LogP contribution in [0.5, 0.6) is 0 Å². The molecule has 0 aliphatic carbocycles. The standard InChI is InChI=1S/C26H29ClFN5O5/c1-16(34)22-13-23(30-29-22)25(36)31-33(15-24(35)26(37)38-11-10-32(2)3)14-17-4-6-18(7-5-17)20-12-19(27)8-9-21(20)28/h4-9,12-13,24,35H,10-11,14-15H2,1-3H3,(H,29,30)(H,31,36). The largest absolute Gasteiger partial charge is 0.462 e. The number of nitrogens with one attached hydrogen (secondary N) is 2. The first kappa shape index (κ1) is 28.9. The third kappa shape index (κ3) is 8.18. The van der Waals surface area contributed by atoms with Crippen LogP contribution in [-0.4, -0.2) is 82.8 Å². The first-order valence-corrected chi connectivity index (χ1v) is 12.1. The SMILES string of the molecule is CC(=O)c1cc(C(=O)NN(Cc2ccc(-c3cc(Cl)ccc3F)cc2)CC(O)C(=O)OCCN(C)C)[nH]n1. The fourth-order valence-electron chi connectivity index (χ4n) is 3.41. The van der Waals surface area contributed by atoms with Gasteiger partial charge in [-0.25, -0.2) is 14.2 Å². The molecule has 1 amide bonds. The summed E-state index contributed by atoms with van der Waals surface area (Å²) in [4.78, 5) is 38.4. The summed E-state index contributed by atoms with van der Waals surface area (Å²) in [6.45, 7) is 1.70. The van der Waals surface area contributed by atoms with Gasteiger partial charge in [-0.3, -0.25) is 20.1 Å². The van der Waals surface area contributed by atoms with Gasteiger partial charge in [-0.1, -0.05) is 35.9 Å². The highest BCUT2D eigenvalue weighted by Crippen LogP contribution is 2.26.